The number of carbonyl (C=O) groups is 1. The first-order chi connectivity index (χ1) is 9.71. The van der Waals surface area contributed by atoms with Gasteiger partial charge in [0.25, 0.3) is 9.05 Å². The van der Waals surface area contributed by atoms with Gasteiger partial charge in [-0.1, -0.05) is 23.2 Å². The molecule has 0 aromatic heterocycles. The normalized spacial score (nSPS) is 16.2. The Morgan fingerprint density at radius 3 is 2.33 bits per heavy atom. The van der Waals surface area contributed by atoms with Crippen LogP contribution in [0.5, 0.6) is 0 Å². The van der Waals surface area contributed by atoms with Gasteiger partial charge in [-0.2, -0.15) is 0 Å². The summed E-state index contributed by atoms with van der Waals surface area (Å²) < 4.78 is 41.7. The summed E-state index contributed by atoms with van der Waals surface area (Å²) in [6.45, 7) is 0. The molecular formula is C12H10Cl3FO4S. The van der Waals surface area contributed by atoms with E-state index in [1.54, 1.807) is 0 Å². The summed E-state index contributed by atoms with van der Waals surface area (Å²) in [5, 5.41) is -1.30. The Balaban J connectivity index is 2.44. The molecule has 0 spiro atoms. The van der Waals surface area contributed by atoms with E-state index in [1.165, 1.54) is 0 Å². The zero-order valence-corrected chi connectivity index (χ0v) is 13.6. The highest BCUT2D eigenvalue weighted by molar-refractivity contribution is 8.14. The smallest absolute Gasteiger partial charge is 0.340 e. The van der Waals surface area contributed by atoms with Crippen LogP contribution in [-0.4, -0.2) is 20.5 Å². The average Bonchev–Trinajstić information content (AvgIpc) is 2.85. The van der Waals surface area contributed by atoms with Crippen LogP contribution in [0, 0.1) is 5.82 Å². The van der Waals surface area contributed by atoms with Gasteiger partial charge in [0.2, 0.25) is 0 Å². The minimum Gasteiger partial charge on any atom is -0.459 e. The van der Waals surface area contributed by atoms with E-state index in [2.05, 4.69) is 0 Å². The number of rotatable bonds is 3. The number of halogens is 4. The van der Waals surface area contributed by atoms with E-state index in [4.69, 9.17) is 38.6 Å². The summed E-state index contributed by atoms with van der Waals surface area (Å²) in [4.78, 5) is 11.2. The Labute approximate surface area is 135 Å². The summed E-state index contributed by atoms with van der Waals surface area (Å²) in [6, 6.07) is 0.744. The van der Waals surface area contributed by atoms with E-state index in [9.17, 15) is 17.6 Å². The lowest BCUT2D eigenvalue weighted by molar-refractivity contribution is 0.0317. The molecule has 0 radical (unpaired) electrons. The molecular weight excluding hydrogens is 366 g/mol. The van der Waals surface area contributed by atoms with Crippen molar-refractivity contribution in [2.45, 2.75) is 36.7 Å². The van der Waals surface area contributed by atoms with Crippen LogP contribution in [-0.2, 0) is 13.8 Å². The second kappa shape index (κ2) is 6.28. The van der Waals surface area contributed by atoms with Gasteiger partial charge in [-0.3, -0.25) is 0 Å². The van der Waals surface area contributed by atoms with Crippen LogP contribution in [0.25, 0.3) is 0 Å². The Hall–Kier alpha value is -0.560. The highest BCUT2D eigenvalue weighted by atomic mass is 35.7. The van der Waals surface area contributed by atoms with Gasteiger partial charge in [0.15, 0.2) is 0 Å². The Bertz CT molecular complexity index is 684. The fourth-order valence-electron chi connectivity index (χ4n) is 2.16. The van der Waals surface area contributed by atoms with Crippen LogP contribution in [0.15, 0.2) is 11.0 Å². The maximum Gasteiger partial charge on any atom is 0.340 e. The zero-order valence-electron chi connectivity index (χ0n) is 10.5. The van der Waals surface area contributed by atoms with Crippen molar-refractivity contribution in [1.29, 1.82) is 0 Å². The monoisotopic (exact) mass is 374 g/mol. The Morgan fingerprint density at radius 1 is 1.24 bits per heavy atom. The van der Waals surface area contributed by atoms with Crippen molar-refractivity contribution in [3.05, 3.63) is 27.5 Å². The molecule has 1 aromatic carbocycles. The van der Waals surface area contributed by atoms with E-state index in [0.717, 1.165) is 18.9 Å². The summed E-state index contributed by atoms with van der Waals surface area (Å²) in [6.07, 6.45) is 3.01. The van der Waals surface area contributed by atoms with E-state index < -0.39 is 41.3 Å². The minimum atomic E-state index is -4.41. The highest BCUT2D eigenvalue weighted by Gasteiger charge is 2.29. The molecule has 21 heavy (non-hydrogen) atoms. The molecule has 0 saturated heterocycles. The van der Waals surface area contributed by atoms with Gasteiger partial charge in [-0.05, 0) is 31.7 Å². The molecule has 1 aliphatic rings. The van der Waals surface area contributed by atoms with Crippen molar-refractivity contribution in [2.75, 3.05) is 0 Å². The van der Waals surface area contributed by atoms with Crippen LogP contribution in [0.4, 0.5) is 4.39 Å². The fraction of sp³-hybridized carbons (Fsp3) is 0.417. The second-order valence-electron chi connectivity index (χ2n) is 4.61. The van der Waals surface area contributed by atoms with Crippen LogP contribution >= 0.6 is 33.9 Å². The molecule has 1 fully saturated rings. The van der Waals surface area contributed by atoms with Crippen LogP contribution in [0.3, 0.4) is 0 Å². The third-order valence-corrected chi connectivity index (χ3v) is 5.50. The molecule has 1 saturated carbocycles. The van der Waals surface area contributed by atoms with Gasteiger partial charge in [0.05, 0.1) is 15.6 Å². The summed E-state index contributed by atoms with van der Waals surface area (Å²) in [5.74, 6) is -2.01. The van der Waals surface area contributed by atoms with Gasteiger partial charge in [0.1, 0.15) is 16.8 Å². The molecule has 1 aliphatic carbocycles. The van der Waals surface area contributed by atoms with Crippen molar-refractivity contribution < 1.29 is 22.3 Å². The number of hydrogen-bond acceptors (Lipinski definition) is 4. The SMILES string of the molecule is O=C(OC1CCCC1)c1cc(F)c(Cl)c(S(=O)(=O)Cl)c1Cl. The first-order valence-electron chi connectivity index (χ1n) is 6.05. The van der Waals surface area contributed by atoms with E-state index in [0.29, 0.717) is 12.8 Å². The largest absolute Gasteiger partial charge is 0.459 e. The number of carbonyl (C=O) groups excluding carboxylic acids is 1. The van der Waals surface area contributed by atoms with Crippen molar-refractivity contribution in [3.63, 3.8) is 0 Å². The van der Waals surface area contributed by atoms with E-state index in [1.807, 2.05) is 0 Å². The van der Waals surface area contributed by atoms with Crippen LogP contribution in [0.2, 0.25) is 10.0 Å². The van der Waals surface area contributed by atoms with E-state index in [-0.39, 0.29) is 6.10 Å². The van der Waals surface area contributed by atoms with Crippen molar-refractivity contribution in [2.24, 2.45) is 0 Å². The maximum absolute atomic E-state index is 13.7. The van der Waals surface area contributed by atoms with Crippen molar-refractivity contribution in [3.8, 4) is 0 Å². The molecule has 4 nitrogen and oxygen atoms in total. The average molecular weight is 376 g/mol. The first kappa shape index (κ1) is 16.8. The summed E-state index contributed by atoms with van der Waals surface area (Å²) >= 11 is 11.4. The maximum atomic E-state index is 13.7. The number of esters is 1. The minimum absolute atomic E-state index is 0.275. The van der Waals surface area contributed by atoms with Crippen LogP contribution in [0.1, 0.15) is 36.0 Å². The van der Waals surface area contributed by atoms with Gasteiger partial charge in [-0.25, -0.2) is 17.6 Å². The predicted octanol–water partition coefficient (Wildman–Crippen LogP) is 4.16. The molecule has 0 heterocycles. The Kier molecular flexibility index (Phi) is 5.03. The lowest BCUT2D eigenvalue weighted by Crippen LogP contribution is -2.16. The third-order valence-electron chi connectivity index (χ3n) is 3.16. The molecule has 9 heteroatoms. The second-order valence-corrected chi connectivity index (χ2v) is 7.87. The molecule has 0 amide bonds. The lowest BCUT2D eigenvalue weighted by atomic mass is 10.2. The van der Waals surface area contributed by atoms with E-state index >= 15 is 0 Å². The predicted molar refractivity (Wildman–Crippen MR) is 77.1 cm³/mol. The van der Waals surface area contributed by atoms with Crippen molar-refractivity contribution in [1.82, 2.24) is 0 Å². The van der Waals surface area contributed by atoms with Gasteiger partial charge in [0, 0.05) is 10.7 Å². The molecule has 2 rings (SSSR count). The quantitative estimate of drug-likeness (QED) is 0.452. The van der Waals surface area contributed by atoms with Gasteiger partial charge in [-0.15, -0.1) is 0 Å². The molecule has 0 aliphatic heterocycles. The van der Waals surface area contributed by atoms with Gasteiger partial charge < -0.3 is 4.74 Å². The Morgan fingerprint density at radius 2 is 1.81 bits per heavy atom. The molecule has 1 aromatic rings. The summed E-state index contributed by atoms with van der Waals surface area (Å²) in [5.41, 5.74) is -0.412. The molecule has 0 N–H and O–H groups in total. The first-order valence-corrected chi connectivity index (χ1v) is 9.11. The molecule has 0 unspecified atom stereocenters. The highest BCUT2D eigenvalue weighted by Crippen LogP contribution is 2.37. The topological polar surface area (TPSA) is 60.4 Å². The van der Waals surface area contributed by atoms with Gasteiger partial charge >= 0.3 is 5.97 Å². The standard InChI is InChI=1S/C12H10Cl3FO4S/c13-9-7(12(17)20-6-3-1-2-4-6)5-8(16)10(14)11(9)21(15,18)19/h5-6H,1-4H2. The number of ether oxygens (including phenoxy) is 1. The van der Waals surface area contributed by atoms with Crippen LogP contribution < -0.4 is 0 Å². The fourth-order valence-corrected chi connectivity index (χ4v) is 4.53. The number of benzene rings is 1. The number of hydrogen-bond donors (Lipinski definition) is 0. The molecule has 0 atom stereocenters. The van der Waals surface area contributed by atoms with Crippen molar-refractivity contribution >= 4 is 48.9 Å². The molecule has 116 valence electrons. The lowest BCUT2D eigenvalue weighted by Gasteiger charge is -2.14. The summed E-state index contributed by atoms with van der Waals surface area (Å²) in [7, 11) is 0.763. The zero-order chi connectivity index (χ0) is 15.8. The molecule has 0 bridgehead atoms. The third kappa shape index (κ3) is 3.62.